The number of fused-ring (bicyclic) bond motifs is 1. The zero-order valence-electron chi connectivity index (χ0n) is 18.9. The van der Waals surface area contributed by atoms with Crippen LogP contribution in [0.3, 0.4) is 0 Å². The number of hydrogen-bond donors (Lipinski definition) is 3. The summed E-state index contributed by atoms with van der Waals surface area (Å²) in [5, 5.41) is 11.5. The predicted octanol–water partition coefficient (Wildman–Crippen LogP) is 5.77. The maximum atomic E-state index is 12.4. The van der Waals surface area contributed by atoms with E-state index < -0.39 is 0 Å². The summed E-state index contributed by atoms with van der Waals surface area (Å²) in [6.07, 6.45) is 5.75. The molecule has 0 atom stereocenters. The second kappa shape index (κ2) is 9.11. The fourth-order valence-electron chi connectivity index (χ4n) is 3.90. The van der Waals surface area contributed by atoms with Crippen LogP contribution in [0.1, 0.15) is 6.92 Å². The molecule has 34 heavy (non-hydrogen) atoms. The minimum Gasteiger partial charge on any atom is -0.497 e. The topological polar surface area (TPSA) is 96.9 Å². The van der Waals surface area contributed by atoms with Crippen LogP contribution in [-0.4, -0.2) is 32.9 Å². The van der Waals surface area contributed by atoms with Crippen LogP contribution in [0, 0.1) is 0 Å². The van der Waals surface area contributed by atoms with E-state index in [9.17, 15) is 4.79 Å². The molecule has 0 saturated carbocycles. The Labute approximate surface area is 196 Å². The molecule has 0 radical (unpaired) electrons. The Hall–Kier alpha value is -4.59. The summed E-state index contributed by atoms with van der Waals surface area (Å²) >= 11 is 0. The normalized spacial score (nSPS) is 10.9. The highest BCUT2D eigenvalue weighted by atomic mass is 16.5. The molecule has 0 fully saturated rings. The number of aromatic nitrogens is 4. The molecule has 3 heterocycles. The highest BCUT2D eigenvalue weighted by Crippen LogP contribution is 2.35. The summed E-state index contributed by atoms with van der Waals surface area (Å²) in [4.78, 5) is 20.0. The van der Waals surface area contributed by atoms with Crippen LogP contribution < -0.4 is 15.4 Å². The number of hydrogen-bond acceptors (Lipinski definition) is 4. The smallest absolute Gasteiger partial charge is 0.323 e. The number of anilines is 2. The van der Waals surface area contributed by atoms with E-state index in [1.54, 1.807) is 25.4 Å². The highest BCUT2D eigenvalue weighted by molar-refractivity contribution is 6.00. The van der Waals surface area contributed by atoms with Crippen molar-refractivity contribution in [2.75, 3.05) is 17.7 Å². The van der Waals surface area contributed by atoms with Gasteiger partial charge in [-0.2, -0.15) is 5.10 Å². The number of amides is 2. The molecule has 0 spiro atoms. The Morgan fingerprint density at radius 1 is 1.03 bits per heavy atom. The number of carbonyl (C=O) groups is 1. The number of nitrogens with one attached hydrogen (secondary N) is 3. The Kier molecular flexibility index (Phi) is 5.70. The van der Waals surface area contributed by atoms with Gasteiger partial charge in [-0.3, -0.25) is 4.68 Å². The SMILES string of the molecule is CCn1cc(-c2ccnc3[nH]ccc23)c(-c2ccc(NC(=O)Nc3cccc(OC)c3)cc2)n1. The first-order chi connectivity index (χ1) is 16.6. The molecule has 0 aliphatic heterocycles. The molecule has 2 amide bonds. The Balaban J connectivity index is 1.39. The molecule has 3 N–H and O–H groups in total. The van der Waals surface area contributed by atoms with Crippen LogP contribution in [-0.2, 0) is 6.54 Å². The van der Waals surface area contributed by atoms with E-state index >= 15 is 0 Å². The number of aryl methyl sites for hydroxylation is 1. The number of nitrogens with zero attached hydrogens (tertiary/aromatic N) is 3. The summed E-state index contributed by atoms with van der Waals surface area (Å²) in [5.41, 5.74) is 6.11. The molecule has 3 aromatic heterocycles. The zero-order valence-corrected chi connectivity index (χ0v) is 18.9. The molecule has 0 unspecified atom stereocenters. The van der Waals surface area contributed by atoms with E-state index in [0.29, 0.717) is 17.1 Å². The number of methoxy groups -OCH3 is 1. The predicted molar refractivity (Wildman–Crippen MR) is 134 cm³/mol. The van der Waals surface area contributed by atoms with Gasteiger partial charge < -0.3 is 20.4 Å². The first kappa shape index (κ1) is 21.3. The van der Waals surface area contributed by atoms with Crippen molar-refractivity contribution in [1.82, 2.24) is 19.7 Å². The minimum atomic E-state index is -0.330. The quantitative estimate of drug-likeness (QED) is 0.305. The fraction of sp³-hybridized carbons (Fsp3) is 0.115. The Morgan fingerprint density at radius 2 is 1.85 bits per heavy atom. The largest absolute Gasteiger partial charge is 0.497 e. The van der Waals surface area contributed by atoms with Crippen LogP contribution >= 0.6 is 0 Å². The minimum absolute atomic E-state index is 0.330. The van der Waals surface area contributed by atoms with Crippen molar-refractivity contribution in [3.05, 3.63) is 79.3 Å². The summed E-state index contributed by atoms with van der Waals surface area (Å²) in [6.45, 7) is 2.82. The number of urea groups is 1. The van der Waals surface area contributed by atoms with Crippen molar-refractivity contribution in [3.63, 3.8) is 0 Å². The van der Waals surface area contributed by atoms with Crippen molar-refractivity contribution in [2.45, 2.75) is 13.5 Å². The lowest BCUT2D eigenvalue weighted by Crippen LogP contribution is -2.19. The van der Waals surface area contributed by atoms with Crippen molar-refractivity contribution < 1.29 is 9.53 Å². The lowest BCUT2D eigenvalue weighted by atomic mass is 10.0. The number of carbonyl (C=O) groups excluding carboxylic acids is 1. The van der Waals surface area contributed by atoms with E-state index in [4.69, 9.17) is 9.84 Å². The highest BCUT2D eigenvalue weighted by Gasteiger charge is 2.16. The molecule has 0 aliphatic carbocycles. The summed E-state index contributed by atoms with van der Waals surface area (Å²) < 4.78 is 7.12. The van der Waals surface area contributed by atoms with Crippen molar-refractivity contribution >= 4 is 28.4 Å². The van der Waals surface area contributed by atoms with Gasteiger partial charge in [-0.25, -0.2) is 9.78 Å². The lowest BCUT2D eigenvalue weighted by molar-refractivity contribution is 0.262. The lowest BCUT2D eigenvalue weighted by Gasteiger charge is -2.09. The molecule has 0 saturated heterocycles. The van der Waals surface area contributed by atoms with E-state index in [-0.39, 0.29) is 6.03 Å². The average molecular weight is 453 g/mol. The van der Waals surface area contributed by atoms with Crippen molar-refractivity contribution in [3.8, 4) is 28.1 Å². The molecule has 8 heteroatoms. The standard InChI is InChI=1S/C26H24N6O2/c1-3-32-16-23(21-11-13-27-25-22(21)12-14-28-25)24(31-32)17-7-9-18(10-8-17)29-26(33)30-19-5-4-6-20(15-19)34-2/h4-16H,3H2,1-2H3,(H,27,28)(H2,29,30,33). The summed E-state index contributed by atoms with van der Waals surface area (Å²) in [5.74, 6) is 0.676. The third-order valence-electron chi connectivity index (χ3n) is 5.58. The molecular formula is C26H24N6O2. The number of aromatic amines is 1. The second-order valence-corrected chi connectivity index (χ2v) is 7.73. The Morgan fingerprint density at radius 3 is 2.65 bits per heavy atom. The van der Waals surface area contributed by atoms with Gasteiger partial charge in [0.15, 0.2) is 0 Å². The number of benzene rings is 2. The summed E-state index contributed by atoms with van der Waals surface area (Å²) in [7, 11) is 1.59. The summed E-state index contributed by atoms with van der Waals surface area (Å²) in [6, 6.07) is 18.6. The number of H-pyrrole nitrogens is 1. The maximum absolute atomic E-state index is 12.4. The van der Waals surface area contributed by atoms with Gasteiger partial charge >= 0.3 is 6.03 Å². The number of pyridine rings is 1. The first-order valence-electron chi connectivity index (χ1n) is 11.0. The van der Waals surface area contributed by atoms with Gasteiger partial charge in [0.05, 0.1) is 7.11 Å². The van der Waals surface area contributed by atoms with Crippen LogP contribution in [0.4, 0.5) is 16.2 Å². The average Bonchev–Trinajstić information content (AvgIpc) is 3.52. The van der Waals surface area contributed by atoms with Gasteiger partial charge in [0, 0.05) is 59.1 Å². The molecule has 5 aromatic rings. The van der Waals surface area contributed by atoms with Crippen LogP contribution in [0.5, 0.6) is 5.75 Å². The second-order valence-electron chi connectivity index (χ2n) is 7.73. The van der Waals surface area contributed by atoms with E-state index in [0.717, 1.165) is 40.0 Å². The molecular weight excluding hydrogens is 428 g/mol. The molecule has 170 valence electrons. The Bertz CT molecular complexity index is 1450. The van der Waals surface area contributed by atoms with Crippen LogP contribution in [0.15, 0.2) is 79.3 Å². The maximum Gasteiger partial charge on any atom is 0.323 e. The van der Waals surface area contributed by atoms with Gasteiger partial charge in [-0.05, 0) is 48.9 Å². The third kappa shape index (κ3) is 4.21. The van der Waals surface area contributed by atoms with E-state index in [1.807, 2.05) is 59.4 Å². The third-order valence-corrected chi connectivity index (χ3v) is 5.58. The number of ether oxygens (including phenoxy) is 1. The molecule has 5 rings (SSSR count). The van der Waals surface area contributed by atoms with Gasteiger partial charge in [-0.15, -0.1) is 0 Å². The van der Waals surface area contributed by atoms with Gasteiger partial charge in [-0.1, -0.05) is 18.2 Å². The zero-order chi connectivity index (χ0) is 23.5. The van der Waals surface area contributed by atoms with Crippen molar-refractivity contribution in [2.24, 2.45) is 0 Å². The van der Waals surface area contributed by atoms with Crippen molar-refractivity contribution in [1.29, 1.82) is 0 Å². The van der Waals surface area contributed by atoms with Gasteiger partial charge in [0.25, 0.3) is 0 Å². The molecule has 0 bridgehead atoms. The first-order valence-corrected chi connectivity index (χ1v) is 11.0. The number of rotatable bonds is 6. The van der Waals surface area contributed by atoms with E-state index in [2.05, 4.69) is 33.7 Å². The van der Waals surface area contributed by atoms with Gasteiger partial charge in [0.1, 0.15) is 17.1 Å². The van der Waals surface area contributed by atoms with Crippen LogP contribution in [0.25, 0.3) is 33.4 Å². The van der Waals surface area contributed by atoms with E-state index in [1.165, 1.54) is 0 Å². The molecule has 0 aliphatic rings. The molecule has 2 aromatic carbocycles. The fourth-order valence-corrected chi connectivity index (χ4v) is 3.90. The van der Waals surface area contributed by atoms with Gasteiger partial charge in [0.2, 0.25) is 0 Å². The molecule has 8 nitrogen and oxygen atoms in total. The van der Waals surface area contributed by atoms with Crippen LogP contribution in [0.2, 0.25) is 0 Å². The monoisotopic (exact) mass is 452 g/mol.